The molecule has 0 spiro atoms. The summed E-state index contributed by atoms with van der Waals surface area (Å²) in [4.78, 5) is 22.1. The van der Waals surface area contributed by atoms with Crippen LogP contribution in [-0.2, 0) is 21.9 Å². The normalized spacial score (nSPS) is 12.2. The number of carbonyl (C=O) groups excluding carboxylic acids is 1. The lowest BCUT2D eigenvalue weighted by molar-refractivity contribution is -0.147. The maximum Gasteiger partial charge on any atom is 0.337 e. The molecule has 0 saturated heterocycles. The highest BCUT2D eigenvalue weighted by Gasteiger charge is 2.20. The highest BCUT2D eigenvalue weighted by molar-refractivity contribution is 6.27. The smallest absolute Gasteiger partial charge is 0.337 e. The number of aliphatic carboxylic acids is 1. The number of rotatable bonds is 6. The number of carbonyl (C=O) groups is 2. The van der Waals surface area contributed by atoms with Crippen LogP contribution < -0.4 is 0 Å². The zero-order valence-corrected chi connectivity index (χ0v) is 10.9. The van der Waals surface area contributed by atoms with Crippen molar-refractivity contribution in [1.29, 1.82) is 0 Å². The van der Waals surface area contributed by atoms with Crippen molar-refractivity contribution in [2.75, 3.05) is 5.88 Å². The van der Waals surface area contributed by atoms with Crippen molar-refractivity contribution in [2.24, 2.45) is 0 Å². The predicted octanol–water partition coefficient (Wildman–Crippen LogP) is 1.89. The Morgan fingerprint density at radius 3 is 2.44 bits per heavy atom. The van der Waals surface area contributed by atoms with Gasteiger partial charge in [0.05, 0.1) is 5.88 Å². The number of carboxylic acid groups (broad SMARTS) is 1. The van der Waals surface area contributed by atoms with Gasteiger partial charge in [0.15, 0.2) is 11.9 Å². The fraction of sp³-hybridized carbons (Fsp3) is 0.333. The molecule has 1 rings (SSSR count). The van der Waals surface area contributed by atoms with Crippen LogP contribution in [0.2, 0.25) is 0 Å². The average molecular weight is 291 g/mol. The predicted molar refractivity (Wildman–Crippen MR) is 68.0 cm³/mol. The van der Waals surface area contributed by atoms with Gasteiger partial charge in [-0.3, -0.25) is 4.79 Å². The monoisotopic (exact) mass is 290 g/mol. The van der Waals surface area contributed by atoms with Crippen molar-refractivity contribution in [1.82, 2.24) is 0 Å². The number of benzene rings is 1. The molecule has 0 aromatic heterocycles. The molecule has 0 aliphatic rings. The molecule has 4 nitrogen and oxygen atoms in total. The van der Waals surface area contributed by atoms with E-state index in [0.717, 1.165) is 0 Å². The molecule has 0 saturated carbocycles. The van der Waals surface area contributed by atoms with Crippen molar-refractivity contribution in [3.05, 3.63) is 34.9 Å². The number of hydrogen-bond acceptors (Lipinski definition) is 3. The summed E-state index contributed by atoms with van der Waals surface area (Å²) in [6.45, 7) is 0. The zero-order chi connectivity index (χ0) is 13.7. The molecule has 0 aliphatic carbocycles. The van der Waals surface area contributed by atoms with E-state index in [0.29, 0.717) is 11.1 Å². The van der Waals surface area contributed by atoms with E-state index in [1.165, 1.54) is 6.07 Å². The lowest BCUT2D eigenvalue weighted by Crippen LogP contribution is -2.15. The topological polar surface area (TPSA) is 74.6 Å². The summed E-state index contributed by atoms with van der Waals surface area (Å²) in [5, 5.41) is 18.4. The van der Waals surface area contributed by atoms with E-state index in [2.05, 4.69) is 0 Å². The maximum absolute atomic E-state index is 11.3. The van der Waals surface area contributed by atoms with Crippen LogP contribution >= 0.6 is 23.2 Å². The molecule has 0 aliphatic heterocycles. The van der Waals surface area contributed by atoms with Crippen molar-refractivity contribution >= 4 is 35.0 Å². The van der Waals surface area contributed by atoms with E-state index in [-0.39, 0.29) is 29.5 Å². The number of hydrogen-bond donors (Lipinski definition) is 2. The minimum atomic E-state index is -1.67. The minimum absolute atomic E-state index is 0.00820. The molecule has 0 fully saturated rings. The van der Waals surface area contributed by atoms with Crippen LogP contribution in [0, 0.1) is 0 Å². The summed E-state index contributed by atoms with van der Waals surface area (Å²) < 4.78 is 0. The zero-order valence-electron chi connectivity index (χ0n) is 9.40. The van der Waals surface area contributed by atoms with Gasteiger partial charge in [0.25, 0.3) is 0 Å². The number of alkyl halides is 2. The van der Waals surface area contributed by atoms with E-state index in [1.807, 2.05) is 0 Å². The molecule has 98 valence electrons. The van der Waals surface area contributed by atoms with E-state index in [4.69, 9.17) is 28.3 Å². The summed E-state index contributed by atoms with van der Waals surface area (Å²) in [6.07, 6.45) is -1.68. The van der Waals surface area contributed by atoms with Crippen LogP contribution in [0.15, 0.2) is 18.2 Å². The molecule has 6 heteroatoms. The molecular formula is C12H12Cl2O4. The summed E-state index contributed by atoms with van der Waals surface area (Å²) >= 11 is 11.1. The molecule has 0 radical (unpaired) electrons. The van der Waals surface area contributed by atoms with Gasteiger partial charge in [-0.2, -0.15) is 0 Å². The van der Waals surface area contributed by atoms with E-state index in [1.54, 1.807) is 12.1 Å². The Morgan fingerprint density at radius 1 is 1.28 bits per heavy atom. The van der Waals surface area contributed by atoms with Crippen molar-refractivity contribution in [3.8, 4) is 0 Å². The van der Waals surface area contributed by atoms with Gasteiger partial charge in [0, 0.05) is 12.3 Å². The third-order valence-electron chi connectivity index (χ3n) is 2.43. The standard InChI is InChI=1S/C12H12Cl2O4/c13-5-7-1-2-8(4-9(15)6-14)10(3-7)11(16)12(17)18/h1-3,11,16H,4-6H2,(H,17,18). The second-order valence-corrected chi connectivity index (χ2v) is 4.29. The summed E-state index contributed by atoms with van der Waals surface area (Å²) in [5.74, 6) is -1.57. The first-order valence-electron chi connectivity index (χ1n) is 5.15. The second-order valence-electron chi connectivity index (χ2n) is 3.76. The van der Waals surface area contributed by atoms with Crippen molar-refractivity contribution in [3.63, 3.8) is 0 Å². The number of halogens is 2. The molecule has 0 heterocycles. The maximum atomic E-state index is 11.3. The molecule has 1 aromatic rings. The van der Waals surface area contributed by atoms with Crippen molar-refractivity contribution in [2.45, 2.75) is 18.4 Å². The molecular weight excluding hydrogens is 279 g/mol. The fourth-order valence-corrected chi connectivity index (χ4v) is 1.80. The lowest BCUT2D eigenvalue weighted by atomic mass is 9.96. The van der Waals surface area contributed by atoms with Crippen LogP contribution in [0.25, 0.3) is 0 Å². The summed E-state index contributed by atoms with van der Waals surface area (Å²) in [6, 6.07) is 4.76. The van der Waals surface area contributed by atoms with Gasteiger partial charge in [0.1, 0.15) is 0 Å². The SMILES string of the molecule is O=C(CCl)Cc1ccc(CCl)cc1C(O)C(=O)O. The largest absolute Gasteiger partial charge is 0.479 e. The van der Waals surface area contributed by atoms with E-state index < -0.39 is 12.1 Å². The first-order valence-corrected chi connectivity index (χ1v) is 6.22. The van der Waals surface area contributed by atoms with Gasteiger partial charge in [-0.1, -0.05) is 18.2 Å². The minimum Gasteiger partial charge on any atom is -0.479 e. The average Bonchev–Trinajstić information content (AvgIpc) is 2.38. The number of Topliss-reactive ketones (excluding diaryl/α,β-unsaturated/α-hetero) is 1. The Kier molecular flexibility index (Phi) is 5.59. The molecule has 1 aromatic carbocycles. The van der Waals surface area contributed by atoms with Gasteiger partial charge >= 0.3 is 5.97 Å². The Balaban J connectivity index is 3.15. The number of aliphatic hydroxyl groups excluding tert-OH is 1. The Labute approximate surface area is 114 Å². The van der Waals surface area contributed by atoms with Gasteiger partial charge in [0.2, 0.25) is 0 Å². The molecule has 0 bridgehead atoms. The van der Waals surface area contributed by atoms with Crippen LogP contribution in [-0.4, -0.2) is 27.8 Å². The van der Waals surface area contributed by atoms with Crippen LogP contribution in [0.4, 0.5) is 0 Å². The van der Waals surface area contributed by atoms with Gasteiger partial charge in [-0.05, 0) is 16.7 Å². The molecule has 0 amide bonds. The number of aliphatic hydroxyl groups is 1. The highest BCUT2D eigenvalue weighted by Crippen LogP contribution is 2.22. The summed E-state index contributed by atoms with van der Waals surface area (Å²) in [5.41, 5.74) is 1.30. The second kappa shape index (κ2) is 6.73. The third-order valence-corrected chi connectivity index (χ3v) is 3.04. The Hall–Kier alpha value is -1.10. The van der Waals surface area contributed by atoms with E-state index >= 15 is 0 Å². The van der Waals surface area contributed by atoms with Crippen LogP contribution in [0.3, 0.4) is 0 Å². The lowest BCUT2D eigenvalue weighted by Gasteiger charge is -2.13. The van der Waals surface area contributed by atoms with Crippen molar-refractivity contribution < 1.29 is 19.8 Å². The highest BCUT2D eigenvalue weighted by atomic mass is 35.5. The first-order chi connectivity index (χ1) is 8.49. The summed E-state index contributed by atoms with van der Waals surface area (Å²) in [7, 11) is 0. The Morgan fingerprint density at radius 2 is 1.94 bits per heavy atom. The number of carboxylic acids is 1. The van der Waals surface area contributed by atoms with Crippen LogP contribution in [0.1, 0.15) is 22.8 Å². The molecule has 1 atom stereocenters. The fourth-order valence-electron chi connectivity index (χ4n) is 1.54. The number of ketones is 1. The van der Waals surface area contributed by atoms with Gasteiger partial charge in [-0.15, -0.1) is 23.2 Å². The van der Waals surface area contributed by atoms with Gasteiger partial charge < -0.3 is 10.2 Å². The van der Waals surface area contributed by atoms with E-state index in [9.17, 15) is 14.7 Å². The molecule has 18 heavy (non-hydrogen) atoms. The first kappa shape index (κ1) is 15.0. The molecule has 2 N–H and O–H groups in total. The quantitative estimate of drug-likeness (QED) is 0.785. The van der Waals surface area contributed by atoms with Crippen LogP contribution in [0.5, 0.6) is 0 Å². The third kappa shape index (κ3) is 3.70. The van der Waals surface area contributed by atoms with Gasteiger partial charge in [-0.25, -0.2) is 4.79 Å². The molecule has 1 unspecified atom stereocenters. The Bertz CT molecular complexity index is 459.